The number of hydrogen-bond donors (Lipinski definition) is 1. The maximum atomic E-state index is 12.2. The lowest BCUT2D eigenvalue weighted by atomic mass is 10.3. The Morgan fingerprint density at radius 1 is 1.44 bits per heavy atom. The van der Waals surface area contributed by atoms with Crippen molar-refractivity contribution in [1.82, 2.24) is 4.90 Å². The van der Waals surface area contributed by atoms with E-state index in [0.29, 0.717) is 0 Å². The minimum absolute atomic E-state index is 0.0509. The zero-order valence-corrected chi connectivity index (χ0v) is 10.3. The molecule has 9 heteroatoms. The molecule has 0 saturated carbocycles. The van der Waals surface area contributed by atoms with E-state index in [9.17, 15) is 22.8 Å². The van der Waals surface area contributed by atoms with Gasteiger partial charge in [0.2, 0.25) is 0 Å². The largest absolute Gasteiger partial charge is 0.480 e. The molecule has 1 aromatic heterocycles. The number of carbonyl (C=O) groups is 2. The van der Waals surface area contributed by atoms with Crippen LogP contribution in [-0.2, 0) is 4.79 Å². The van der Waals surface area contributed by atoms with E-state index >= 15 is 0 Å². The summed E-state index contributed by atoms with van der Waals surface area (Å²) in [5.74, 6) is -2.61. The van der Waals surface area contributed by atoms with Crippen molar-refractivity contribution < 1.29 is 32.3 Å². The van der Waals surface area contributed by atoms with Crippen LogP contribution in [0.1, 0.15) is 10.4 Å². The number of furan rings is 1. The summed E-state index contributed by atoms with van der Waals surface area (Å²) in [6.07, 6.45) is -3.58. The van der Waals surface area contributed by atoms with E-state index in [1.54, 1.807) is 0 Å². The quantitative estimate of drug-likeness (QED) is 0.918. The number of amides is 1. The third-order valence-corrected chi connectivity index (χ3v) is 2.45. The Bertz CT molecular complexity index is 457. The molecule has 1 aromatic rings. The molecule has 1 rings (SSSR count). The molecule has 0 saturated heterocycles. The molecule has 0 spiro atoms. The van der Waals surface area contributed by atoms with E-state index in [-0.39, 0.29) is 15.1 Å². The second-order valence-electron chi connectivity index (χ2n) is 3.28. The van der Waals surface area contributed by atoms with E-state index in [1.165, 1.54) is 0 Å². The lowest BCUT2D eigenvalue weighted by Crippen LogP contribution is -2.42. The Labute approximate surface area is 107 Å². The fraction of sp³-hybridized carbons (Fsp3) is 0.333. The topological polar surface area (TPSA) is 70.8 Å². The van der Waals surface area contributed by atoms with E-state index in [1.807, 2.05) is 0 Å². The van der Waals surface area contributed by atoms with Gasteiger partial charge in [0.15, 0.2) is 4.67 Å². The summed E-state index contributed by atoms with van der Waals surface area (Å²) in [4.78, 5) is 22.3. The van der Waals surface area contributed by atoms with Crippen LogP contribution in [0, 0.1) is 0 Å². The molecule has 0 aliphatic heterocycles. The summed E-state index contributed by atoms with van der Waals surface area (Å²) >= 11 is 2.84. The maximum Gasteiger partial charge on any atom is 0.406 e. The van der Waals surface area contributed by atoms with E-state index in [2.05, 4.69) is 15.9 Å². The summed E-state index contributed by atoms with van der Waals surface area (Å²) in [5.41, 5.74) is -0.166. The summed E-state index contributed by atoms with van der Waals surface area (Å²) in [5, 5.41) is 8.50. The van der Waals surface area contributed by atoms with Crippen molar-refractivity contribution >= 4 is 27.8 Å². The summed E-state index contributed by atoms with van der Waals surface area (Å²) in [6.45, 7) is -2.69. The smallest absolute Gasteiger partial charge is 0.406 e. The Kier molecular flexibility index (Phi) is 4.38. The normalized spacial score (nSPS) is 11.3. The summed E-state index contributed by atoms with van der Waals surface area (Å²) < 4.78 is 41.4. The van der Waals surface area contributed by atoms with Gasteiger partial charge in [-0.3, -0.25) is 9.59 Å². The average Bonchev–Trinajstić information content (AvgIpc) is 2.59. The lowest BCUT2D eigenvalue weighted by Gasteiger charge is -2.21. The maximum absolute atomic E-state index is 12.2. The zero-order valence-electron chi connectivity index (χ0n) is 8.70. The second kappa shape index (κ2) is 5.42. The third kappa shape index (κ3) is 4.06. The molecular formula is C9H7BrF3NO4. The lowest BCUT2D eigenvalue weighted by molar-refractivity contribution is -0.149. The Morgan fingerprint density at radius 2 is 2.06 bits per heavy atom. The van der Waals surface area contributed by atoms with E-state index in [0.717, 1.165) is 12.3 Å². The predicted octanol–water partition coefficient (Wildman–Crippen LogP) is 2.13. The van der Waals surface area contributed by atoms with Gasteiger partial charge in [-0.1, -0.05) is 0 Å². The van der Waals surface area contributed by atoms with Gasteiger partial charge < -0.3 is 14.4 Å². The molecule has 0 aliphatic rings. The van der Waals surface area contributed by atoms with Crippen LogP contribution in [-0.4, -0.2) is 41.1 Å². The fourth-order valence-corrected chi connectivity index (χ4v) is 1.61. The van der Waals surface area contributed by atoms with Crippen molar-refractivity contribution in [2.24, 2.45) is 0 Å². The highest BCUT2D eigenvalue weighted by molar-refractivity contribution is 9.10. The van der Waals surface area contributed by atoms with Gasteiger partial charge in [0.25, 0.3) is 5.91 Å². The predicted molar refractivity (Wildman–Crippen MR) is 56.0 cm³/mol. The zero-order chi connectivity index (χ0) is 13.9. The van der Waals surface area contributed by atoms with Crippen molar-refractivity contribution in [2.45, 2.75) is 6.18 Å². The van der Waals surface area contributed by atoms with Crippen molar-refractivity contribution in [3.8, 4) is 0 Å². The molecule has 0 aliphatic carbocycles. The van der Waals surface area contributed by atoms with Gasteiger partial charge in [-0.05, 0) is 22.0 Å². The van der Waals surface area contributed by atoms with Crippen LogP contribution in [0.2, 0.25) is 0 Å². The van der Waals surface area contributed by atoms with Crippen LogP contribution in [0.15, 0.2) is 21.4 Å². The second-order valence-corrected chi connectivity index (χ2v) is 4.00. The molecule has 1 amide bonds. The first-order valence-corrected chi connectivity index (χ1v) is 5.31. The average molecular weight is 330 g/mol. The number of carboxylic acid groups (broad SMARTS) is 1. The van der Waals surface area contributed by atoms with Gasteiger partial charge >= 0.3 is 12.1 Å². The molecule has 0 unspecified atom stereocenters. The molecule has 0 bridgehead atoms. The van der Waals surface area contributed by atoms with Gasteiger partial charge in [-0.15, -0.1) is 0 Å². The molecule has 0 fully saturated rings. The van der Waals surface area contributed by atoms with Crippen LogP contribution in [0.25, 0.3) is 0 Å². The van der Waals surface area contributed by atoms with Crippen molar-refractivity contribution in [3.05, 3.63) is 22.6 Å². The van der Waals surface area contributed by atoms with E-state index in [4.69, 9.17) is 9.52 Å². The summed E-state index contributed by atoms with van der Waals surface area (Å²) in [7, 11) is 0. The van der Waals surface area contributed by atoms with Gasteiger partial charge in [0.1, 0.15) is 13.1 Å². The minimum atomic E-state index is -4.68. The SMILES string of the molecule is O=C(O)CN(CC(F)(F)F)C(=O)c1ccoc1Br. The summed E-state index contributed by atoms with van der Waals surface area (Å²) in [6, 6.07) is 1.15. The Morgan fingerprint density at radius 3 is 2.44 bits per heavy atom. The molecule has 0 aromatic carbocycles. The van der Waals surface area contributed by atoms with Gasteiger partial charge in [-0.2, -0.15) is 13.2 Å². The first-order valence-electron chi connectivity index (χ1n) is 4.51. The first-order chi connectivity index (χ1) is 8.20. The third-order valence-electron chi connectivity index (χ3n) is 1.83. The molecule has 0 atom stereocenters. The highest BCUT2D eigenvalue weighted by Gasteiger charge is 2.35. The monoisotopic (exact) mass is 329 g/mol. The first kappa shape index (κ1) is 14.6. The molecule has 1 N–H and O–H groups in total. The van der Waals surface area contributed by atoms with Gasteiger partial charge in [0.05, 0.1) is 11.8 Å². The van der Waals surface area contributed by atoms with Crippen LogP contribution < -0.4 is 0 Å². The molecule has 18 heavy (non-hydrogen) atoms. The highest BCUT2D eigenvalue weighted by atomic mass is 79.9. The number of halogens is 4. The van der Waals surface area contributed by atoms with E-state index < -0.39 is 31.1 Å². The number of carbonyl (C=O) groups excluding carboxylic acids is 1. The van der Waals surface area contributed by atoms with Crippen LogP contribution in [0.4, 0.5) is 13.2 Å². The van der Waals surface area contributed by atoms with Crippen LogP contribution >= 0.6 is 15.9 Å². The van der Waals surface area contributed by atoms with Crippen LogP contribution in [0.3, 0.4) is 0 Å². The molecule has 0 radical (unpaired) electrons. The minimum Gasteiger partial charge on any atom is -0.480 e. The van der Waals surface area contributed by atoms with Crippen molar-refractivity contribution in [3.63, 3.8) is 0 Å². The van der Waals surface area contributed by atoms with Crippen molar-refractivity contribution in [1.29, 1.82) is 0 Å². The van der Waals surface area contributed by atoms with Crippen molar-refractivity contribution in [2.75, 3.05) is 13.1 Å². The number of aliphatic carboxylic acids is 1. The molecule has 100 valence electrons. The molecular weight excluding hydrogens is 323 g/mol. The number of alkyl halides is 3. The van der Waals surface area contributed by atoms with Crippen LogP contribution in [0.5, 0.6) is 0 Å². The van der Waals surface area contributed by atoms with Gasteiger partial charge in [0, 0.05) is 0 Å². The highest BCUT2D eigenvalue weighted by Crippen LogP contribution is 2.22. The number of rotatable bonds is 4. The number of nitrogens with zero attached hydrogens (tertiary/aromatic N) is 1. The standard InChI is InChI=1S/C9H7BrF3NO4/c10-7-5(1-2-18-7)8(17)14(3-6(15)16)4-9(11,12)13/h1-2H,3-4H2,(H,15,16). The molecule has 1 heterocycles. The number of hydrogen-bond acceptors (Lipinski definition) is 3. The Hall–Kier alpha value is -1.51. The molecule has 5 nitrogen and oxygen atoms in total. The number of carboxylic acids is 1. The Balaban J connectivity index is 2.93. The van der Waals surface area contributed by atoms with Gasteiger partial charge in [-0.25, -0.2) is 0 Å². The fourth-order valence-electron chi connectivity index (χ4n) is 1.20.